The molecule has 0 bridgehead atoms. The van der Waals surface area contributed by atoms with Gasteiger partial charge in [0.1, 0.15) is 6.04 Å². The first-order valence-corrected chi connectivity index (χ1v) is 10.6. The van der Waals surface area contributed by atoms with Gasteiger partial charge in [-0.05, 0) is 23.1 Å². The van der Waals surface area contributed by atoms with Gasteiger partial charge in [0.15, 0.2) is 6.61 Å². The van der Waals surface area contributed by atoms with Crippen molar-refractivity contribution in [2.24, 2.45) is 0 Å². The summed E-state index contributed by atoms with van der Waals surface area (Å²) in [5.41, 5.74) is 1.03. The van der Waals surface area contributed by atoms with Crippen LogP contribution in [-0.4, -0.2) is 41.8 Å². The number of hydrogen-bond acceptors (Lipinski definition) is 5. The number of amides is 2. The average Bonchev–Trinajstić information content (AvgIpc) is 3.34. The number of alkyl halides is 4. The Hall–Kier alpha value is -3.47. The molecule has 0 aliphatic rings. The van der Waals surface area contributed by atoms with E-state index < -0.39 is 36.8 Å². The second-order valence-electron chi connectivity index (χ2n) is 6.92. The molecule has 3 rings (SSSR count). The van der Waals surface area contributed by atoms with E-state index in [2.05, 4.69) is 20.4 Å². The molecule has 1 unspecified atom stereocenters. The van der Waals surface area contributed by atoms with Crippen LogP contribution >= 0.6 is 11.3 Å². The van der Waals surface area contributed by atoms with Crippen LogP contribution in [0.1, 0.15) is 15.2 Å². The lowest BCUT2D eigenvalue weighted by Gasteiger charge is -2.19. The Morgan fingerprint density at radius 1 is 1.06 bits per heavy atom. The number of pyridine rings is 1. The molecule has 2 aromatic heterocycles. The SMILES string of the molecule is O=C(NC(Cc1ccccc1)C(=O)Nc1ccc(OCC(F)(F)C(F)F)nc1)c1cccs1. The van der Waals surface area contributed by atoms with Crippen LogP contribution in [0.2, 0.25) is 0 Å². The summed E-state index contributed by atoms with van der Waals surface area (Å²) in [5.74, 6) is -5.54. The predicted octanol–water partition coefficient (Wildman–Crippen LogP) is 4.40. The van der Waals surface area contributed by atoms with Crippen molar-refractivity contribution in [3.8, 4) is 5.88 Å². The highest BCUT2D eigenvalue weighted by Gasteiger charge is 2.41. The summed E-state index contributed by atoms with van der Waals surface area (Å²) in [6, 6.07) is 14.0. The predicted molar refractivity (Wildman–Crippen MR) is 115 cm³/mol. The van der Waals surface area contributed by atoms with Gasteiger partial charge in [0, 0.05) is 12.5 Å². The fourth-order valence-corrected chi connectivity index (χ4v) is 3.33. The van der Waals surface area contributed by atoms with E-state index in [1.807, 2.05) is 30.3 Å². The van der Waals surface area contributed by atoms with E-state index in [0.29, 0.717) is 4.88 Å². The lowest BCUT2D eigenvalue weighted by Crippen LogP contribution is -2.45. The van der Waals surface area contributed by atoms with Crippen molar-refractivity contribution in [2.75, 3.05) is 11.9 Å². The van der Waals surface area contributed by atoms with Crippen LogP contribution in [0.5, 0.6) is 5.88 Å². The molecule has 11 heteroatoms. The van der Waals surface area contributed by atoms with Gasteiger partial charge in [0.05, 0.1) is 16.8 Å². The van der Waals surface area contributed by atoms with Crippen LogP contribution in [0.25, 0.3) is 0 Å². The zero-order chi connectivity index (χ0) is 23.8. The number of ether oxygens (including phenoxy) is 1. The van der Waals surface area contributed by atoms with E-state index in [1.54, 1.807) is 17.5 Å². The maximum atomic E-state index is 13.0. The van der Waals surface area contributed by atoms with Gasteiger partial charge in [-0.2, -0.15) is 8.78 Å². The number of rotatable bonds is 10. The monoisotopic (exact) mass is 481 g/mol. The van der Waals surface area contributed by atoms with Crippen molar-refractivity contribution in [1.29, 1.82) is 0 Å². The third kappa shape index (κ3) is 7.01. The first-order valence-electron chi connectivity index (χ1n) is 9.68. The Balaban J connectivity index is 1.66. The quantitative estimate of drug-likeness (QED) is 0.421. The molecule has 33 heavy (non-hydrogen) atoms. The second kappa shape index (κ2) is 10.9. The number of halogens is 4. The molecule has 174 valence electrons. The van der Waals surface area contributed by atoms with Crippen molar-refractivity contribution in [3.05, 3.63) is 76.6 Å². The molecule has 6 nitrogen and oxygen atoms in total. The number of nitrogens with zero attached hydrogens (tertiary/aromatic N) is 1. The van der Waals surface area contributed by atoms with Crippen molar-refractivity contribution in [3.63, 3.8) is 0 Å². The van der Waals surface area contributed by atoms with E-state index in [9.17, 15) is 27.2 Å². The van der Waals surface area contributed by atoms with Gasteiger partial charge < -0.3 is 15.4 Å². The summed E-state index contributed by atoms with van der Waals surface area (Å²) in [6.45, 7) is -1.53. The zero-order valence-corrected chi connectivity index (χ0v) is 17.8. The van der Waals surface area contributed by atoms with Crippen molar-refractivity contribution < 1.29 is 31.9 Å². The normalized spacial score (nSPS) is 12.3. The molecule has 0 aliphatic heterocycles. The average molecular weight is 481 g/mol. The number of anilines is 1. The summed E-state index contributed by atoms with van der Waals surface area (Å²) in [4.78, 5) is 29.5. The summed E-state index contributed by atoms with van der Waals surface area (Å²) < 4.78 is 54.9. The van der Waals surface area contributed by atoms with Crippen molar-refractivity contribution >= 4 is 28.8 Å². The topological polar surface area (TPSA) is 80.3 Å². The number of aromatic nitrogens is 1. The van der Waals surface area contributed by atoms with Gasteiger partial charge in [-0.25, -0.2) is 13.8 Å². The fraction of sp³-hybridized carbons (Fsp3) is 0.227. The Morgan fingerprint density at radius 2 is 1.82 bits per heavy atom. The molecule has 0 saturated heterocycles. The molecule has 0 aliphatic carbocycles. The van der Waals surface area contributed by atoms with Crippen molar-refractivity contribution in [1.82, 2.24) is 10.3 Å². The number of nitrogens with one attached hydrogen (secondary N) is 2. The Morgan fingerprint density at radius 3 is 2.42 bits per heavy atom. The largest absolute Gasteiger partial charge is 0.471 e. The van der Waals surface area contributed by atoms with E-state index in [4.69, 9.17) is 0 Å². The standard InChI is InChI=1S/C22H19F4N3O3S/c23-21(24)22(25,26)13-32-18-9-8-15(12-27-18)28-19(30)16(11-14-5-2-1-3-6-14)29-20(31)17-7-4-10-33-17/h1-10,12,16,21H,11,13H2,(H,28,30)(H,29,31). The van der Waals surface area contributed by atoms with Gasteiger partial charge in [0.2, 0.25) is 11.8 Å². The van der Waals surface area contributed by atoms with E-state index in [1.165, 1.54) is 17.4 Å². The van der Waals surface area contributed by atoms with Gasteiger partial charge in [0.25, 0.3) is 5.91 Å². The summed E-state index contributed by atoms with van der Waals surface area (Å²) in [7, 11) is 0. The molecular weight excluding hydrogens is 462 g/mol. The third-order valence-corrected chi connectivity index (χ3v) is 5.25. The first kappa shape index (κ1) is 24.2. The van der Waals surface area contributed by atoms with E-state index in [0.717, 1.165) is 17.8 Å². The summed E-state index contributed by atoms with van der Waals surface area (Å²) in [6.07, 6.45) is -2.50. The molecule has 2 N–H and O–H groups in total. The Labute approximate surface area is 190 Å². The van der Waals surface area contributed by atoms with Gasteiger partial charge in [-0.3, -0.25) is 9.59 Å². The molecule has 1 atom stereocenters. The molecule has 1 aromatic carbocycles. The molecular formula is C22H19F4N3O3S. The number of hydrogen-bond donors (Lipinski definition) is 2. The number of carbonyl (C=O) groups is 2. The second-order valence-corrected chi connectivity index (χ2v) is 7.87. The van der Waals surface area contributed by atoms with Gasteiger partial charge in [-0.15, -0.1) is 11.3 Å². The Bertz CT molecular complexity index is 1050. The van der Waals surface area contributed by atoms with Gasteiger partial charge in [-0.1, -0.05) is 36.4 Å². The van der Waals surface area contributed by atoms with E-state index in [-0.39, 0.29) is 18.0 Å². The molecule has 0 radical (unpaired) electrons. The van der Waals surface area contributed by atoms with Crippen LogP contribution in [0.3, 0.4) is 0 Å². The fourth-order valence-electron chi connectivity index (χ4n) is 2.70. The van der Waals surface area contributed by atoms with Crippen molar-refractivity contribution in [2.45, 2.75) is 24.8 Å². The number of carbonyl (C=O) groups excluding carboxylic acids is 2. The number of thiophene rings is 1. The molecule has 2 amide bonds. The summed E-state index contributed by atoms with van der Waals surface area (Å²) in [5, 5.41) is 7.04. The van der Waals surface area contributed by atoms with Crippen LogP contribution in [0.15, 0.2) is 66.2 Å². The zero-order valence-electron chi connectivity index (χ0n) is 17.0. The third-order valence-electron chi connectivity index (χ3n) is 4.39. The van der Waals surface area contributed by atoms with Crippen LogP contribution in [0.4, 0.5) is 23.2 Å². The van der Waals surface area contributed by atoms with E-state index >= 15 is 0 Å². The molecule has 0 spiro atoms. The molecule has 3 aromatic rings. The van der Waals surface area contributed by atoms with Crippen LogP contribution < -0.4 is 15.4 Å². The lowest BCUT2D eigenvalue weighted by molar-refractivity contribution is -0.148. The maximum absolute atomic E-state index is 13.0. The smallest absolute Gasteiger partial charge is 0.340 e. The summed E-state index contributed by atoms with van der Waals surface area (Å²) >= 11 is 1.24. The lowest BCUT2D eigenvalue weighted by atomic mass is 10.0. The van der Waals surface area contributed by atoms with Gasteiger partial charge >= 0.3 is 12.3 Å². The molecule has 0 fully saturated rings. The highest BCUT2D eigenvalue weighted by molar-refractivity contribution is 7.12. The maximum Gasteiger partial charge on any atom is 0.340 e. The Kier molecular flexibility index (Phi) is 7.99. The minimum absolute atomic E-state index is 0.205. The highest BCUT2D eigenvalue weighted by Crippen LogP contribution is 2.24. The number of benzene rings is 1. The molecule has 2 heterocycles. The minimum Gasteiger partial charge on any atom is -0.471 e. The minimum atomic E-state index is -4.31. The molecule has 0 saturated carbocycles. The van der Waals surface area contributed by atoms with Crippen LogP contribution in [-0.2, 0) is 11.2 Å². The highest BCUT2D eigenvalue weighted by atomic mass is 32.1. The first-order chi connectivity index (χ1) is 15.7. The van der Waals surface area contributed by atoms with Crippen LogP contribution in [0, 0.1) is 0 Å².